The Balaban J connectivity index is 0.00000260. The Morgan fingerprint density at radius 3 is 1.65 bits per heavy atom. The quantitative estimate of drug-likeness (QED) is 0.250. The summed E-state index contributed by atoms with van der Waals surface area (Å²) in [7, 11) is 0. The van der Waals surface area contributed by atoms with Crippen LogP contribution in [-0.4, -0.2) is 3.21 Å². The number of alkyl halides is 3. The molecular weight excluding hydrogens is 724 g/mol. The molecule has 0 atom stereocenters. The van der Waals surface area contributed by atoms with Crippen molar-refractivity contribution in [1.29, 1.82) is 0 Å². The van der Waals surface area contributed by atoms with Crippen molar-refractivity contribution in [2.24, 2.45) is 0 Å². The molecule has 0 spiro atoms. The molecule has 0 fully saturated rings. The Labute approximate surface area is 304 Å². The Kier molecular flexibility index (Phi) is 11.2. The van der Waals surface area contributed by atoms with Gasteiger partial charge in [-0.25, -0.2) is 0 Å². The maximum absolute atomic E-state index is 14.2. The first kappa shape index (κ1) is 38.3. The van der Waals surface area contributed by atoms with Crippen LogP contribution in [0.5, 0.6) is 0 Å². The van der Waals surface area contributed by atoms with Crippen LogP contribution in [0.1, 0.15) is 102 Å². The molecule has 0 aliphatic heterocycles. The molecule has 6 heteroatoms. The van der Waals surface area contributed by atoms with Crippen LogP contribution in [0.2, 0.25) is 0 Å². The third-order valence-corrected chi connectivity index (χ3v) is 17.8. The molecular formula is C42H43Cl2F3Zr. The van der Waals surface area contributed by atoms with Crippen molar-refractivity contribution in [3.63, 3.8) is 0 Å². The second-order valence-corrected chi connectivity index (χ2v) is 21.3. The SMILES string of the molecule is Cc1cc2c(cc1C(C)(C)C)-c1cc(C(C)(C)C)c(C)cc1[CH]2/[Zr+2]([C]1=CC=CC1)=[C](\c1ccccc1)c1cccc(C(F)(F)F)c1.[Cl-].[Cl-]. The molecule has 6 rings (SSSR count). The number of fused-ring (bicyclic) bond motifs is 3. The van der Waals surface area contributed by atoms with Crippen molar-refractivity contribution in [2.45, 2.75) is 82.4 Å². The van der Waals surface area contributed by atoms with Gasteiger partial charge in [0.1, 0.15) is 0 Å². The van der Waals surface area contributed by atoms with Crippen LogP contribution in [0.3, 0.4) is 0 Å². The fraction of sp³-hybridized carbons (Fsp3) is 0.310. The molecule has 2 aliphatic rings. The summed E-state index contributed by atoms with van der Waals surface area (Å²) < 4.78 is 45.2. The molecule has 0 heterocycles. The summed E-state index contributed by atoms with van der Waals surface area (Å²) in [6.45, 7) is 18.1. The molecule has 0 saturated carbocycles. The van der Waals surface area contributed by atoms with Crippen LogP contribution in [0.15, 0.2) is 100 Å². The van der Waals surface area contributed by atoms with Crippen LogP contribution in [-0.2, 0) is 38.3 Å². The predicted molar refractivity (Wildman–Crippen MR) is 184 cm³/mol. The Hall–Kier alpha value is -2.52. The number of rotatable bonds is 4. The number of allylic oxidation sites excluding steroid dienone is 4. The summed E-state index contributed by atoms with van der Waals surface area (Å²) in [6, 6.07) is 26.0. The zero-order valence-electron chi connectivity index (χ0n) is 28.9. The fourth-order valence-electron chi connectivity index (χ4n) is 7.57. The minimum absolute atomic E-state index is 0. The van der Waals surface area contributed by atoms with Crippen molar-refractivity contribution in [3.8, 4) is 11.1 Å². The standard InChI is InChI=1S/C23H29.C14H9F3.C5H5.2ClH.Zr/c1-14-9-16-11-17-10-15(2)21(23(6,7)8)13-19(17)18(16)12-20(14)22(3,4)5;15-14(16,17)13-8-4-7-12(10-13)9-11-5-2-1-3-6-11;1-2-4-5-3-1;;;/h9-13H,1-8H3;1-8,10H;1-3H,4H2;2*1H;/q;;;;;+2/p-2. The summed E-state index contributed by atoms with van der Waals surface area (Å²) in [4.78, 5) is 0. The molecule has 0 nitrogen and oxygen atoms in total. The first-order valence-electron chi connectivity index (χ1n) is 16.2. The summed E-state index contributed by atoms with van der Waals surface area (Å²) >= 11 is -3.13. The molecule has 0 aromatic heterocycles. The van der Waals surface area contributed by atoms with E-state index in [4.69, 9.17) is 0 Å². The van der Waals surface area contributed by atoms with Gasteiger partial charge in [0, 0.05) is 0 Å². The number of halogens is 5. The van der Waals surface area contributed by atoms with Gasteiger partial charge in [-0.3, -0.25) is 0 Å². The van der Waals surface area contributed by atoms with Gasteiger partial charge in [-0.15, -0.1) is 0 Å². The second kappa shape index (κ2) is 14.0. The van der Waals surface area contributed by atoms with E-state index in [0.717, 1.165) is 15.2 Å². The summed E-state index contributed by atoms with van der Waals surface area (Å²) in [6.07, 6.45) is 3.06. The third-order valence-electron chi connectivity index (χ3n) is 9.54. The van der Waals surface area contributed by atoms with Gasteiger partial charge in [0.05, 0.1) is 0 Å². The van der Waals surface area contributed by atoms with E-state index in [0.29, 0.717) is 5.56 Å². The molecule has 48 heavy (non-hydrogen) atoms. The Bertz CT molecular complexity index is 1870. The largest absolute Gasteiger partial charge is 1.00 e. The van der Waals surface area contributed by atoms with Gasteiger partial charge in [-0.1, -0.05) is 0 Å². The van der Waals surface area contributed by atoms with Gasteiger partial charge in [0.15, 0.2) is 0 Å². The summed E-state index contributed by atoms with van der Waals surface area (Å²) in [5, 5.41) is 0. The van der Waals surface area contributed by atoms with E-state index < -0.39 is 33.0 Å². The van der Waals surface area contributed by atoms with Gasteiger partial charge >= 0.3 is 282 Å². The number of hydrogen-bond acceptors (Lipinski definition) is 0. The smallest absolute Gasteiger partial charge is 1.00 e. The van der Waals surface area contributed by atoms with Gasteiger partial charge in [-0.05, 0) is 0 Å². The number of benzene rings is 4. The van der Waals surface area contributed by atoms with Gasteiger partial charge in [0.2, 0.25) is 0 Å². The van der Waals surface area contributed by atoms with E-state index in [1.165, 1.54) is 59.9 Å². The van der Waals surface area contributed by atoms with Crippen molar-refractivity contribution < 1.29 is 59.3 Å². The maximum atomic E-state index is 14.2. The molecule has 0 unspecified atom stereocenters. The van der Waals surface area contributed by atoms with E-state index in [2.05, 4.69) is 110 Å². The average Bonchev–Trinajstić information content (AvgIpc) is 3.60. The van der Waals surface area contributed by atoms with Gasteiger partial charge in [-0.2, -0.15) is 0 Å². The van der Waals surface area contributed by atoms with E-state index >= 15 is 0 Å². The van der Waals surface area contributed by atoms with E-state index in [1.807, 2.05) is 24.3 Å². The molecule has 0 saturated heterocycles. The summed E-state index contributed by atoms with van der Waals surface area (Å²) in [5.41, 5.74) is 11.6. The molecule has 0 N–H and O–H groups in total. The molecule has 0 amide bonds. The van der Waals surface area contributed by atoms with Crippen molar-refractivity contribution >= 4 is 3.21 Å². The molecule has 0 radical (unpaired) electrons. The van der Waals surface area contributed by atoms with E-state index in [9.17, 15) is 13.2 Å². The molecule has 2 aliphatic carbocycles. The predicted octanol–water partition coefficient (Wildman–Crippen LogP) is 5.73. The topological polar surface area (TPSA) is 0 Å². The Morgan fingerprint density at radius 1 is 0.667 bits per heavy atom. The summed E-state index contributed by atoms with van der Waals surface area (Å²) in [5.74, 6) is 0. The zero-order chi connectivity index (χ0) is 33.2. The van der Waals surface area contributed by atoms with E-state index in [-0.39, 0.29) is 39.3 Å². The molecule has 4 aromatic rings. The minimum atomic E-state index is -4.41. The van der Waals surface area contributed by atoms with Crippen molar-refractivity contribution in [1.82, 2.24) is 0 Å². The number of aryl methyl sites for hydroxylation is 2. The fourth-order valence-corrected chi connectivity index (χ4v) is 16.5. The van der Waals surface area contributed by atoms with Crippen LogP contribution in [0, 0.1) is 13.8 Å². The number of hydrogen-bond donors (Lipinski definition) is 0. The van der Waals surface area contributed by atoms with Gasteiger partial charge < -0.3 is 24.8 Å². The van der Waals surface area contributed by atoms with Crippen molar-refractivity contribution in [3.05, 3.63) is 150 Å². The molecule has 4 aromatic carbocycles. The first-order valence-corrected chi connectivity index (χ1v) is 20.1. The zero-order valence-corrected chi connectivity index (χ0v) is 32.9. The van der Waals surface area contributed by atoms with Crippen LogP contribution in [0.4, 0.5) is 13.2 Å². The van der Waals surface area contributed by atoms with Crippen LogP contribution in [0.25, 0.3) is 11.1 Å². The first-order chi connectivity index (χ1) is 21.6. The molecule has 250 valence electrons. The third kappa shape index (κ3) is 7.19. The van der Waals surface area contributed by atoms with Crippen LogP contribution >= 0.6 is 0 Å². The van der Waals surface area contributed by atoms with E-state index in [1.54, 1.807) is 6.07 Å². The average molecular weight is 767 g/mol. The molecule has 0 bridgehead atoms. The second-order valence-electron chi connectivity index (χ2n) is 15.0. The normalized spacial score (nSPS) is 14.5. The Morgan fingerprint density at radius 2 is 1.19 bits per heavy atom. The monoisotopic (exact) mass is 764 g/mol. The van der Waals surface area contributed by atoms with Gasteiger partial charge in [0.25, 0.3) is 0 Å². The maximum Gasteiger partial charge on any atom is -1.00 e. The van der Waals surface area contributed by atoms with Crippen molar-refractivity contribution in [2.75, 3.05) is 0 Å². The minimum Gasteiger partial charge on any atom is -1.00 e. The van der Waals surface area contributed by atoms with Crippen LogP contribution < -0.4 is 24.8 Å².